The van der Waals surface area contributed by atoms with Gasteiger partial charge in [0.1, 0.15) is 31.7 Å². The van der Waals surface area contributed by atoms with E-state index in [4.69, 9.17) is 18.9 Å². The number of ether oxygens (including phenoxy) is 5. The summed E-state index contributed by atoms with van der Waals surface area (Å²) in [7, 11) is 1.19. The third kappa shape index (κ3) is 10.3. The second-order valence-electron chi connectivity index (χ2n) is 6.95. The average molecular weight is 458 g/mol. The van der Waals surface area contributed by atoms with Crippen molar-refractivity contribution in [3.63, 3.8) is 0 Å². The van der Waals surface area contributed by atoms with Crippen LogP contribution in [-0.4, -0.2) is 43.9 Å². The molecule has 0 fully saturated rings. The third-order valence-electron chi connectivity index (χ3n) is 4.43. The molecule has 0 aliphatic rings. The number of hydrogen-bond acceptors (Lipinski definition) is 9. The summed E-state index contributed by atoms with van der Waals surface area (Å²) in [5.41, 5.74) is 1.51. The van der Waals surface area contributed by atoms with Crippen molar-refractivity contribution < 1.29 is 42.9 Å². The Morgan fingerprint density at radius 2 is 1.27 bits per heavy atom. The Morgan fingerprint density at radius 3 is 1.73 bits per heavy atom. The van der Waals surface area contributed by atoms with Gasteiger partial charge in [-0.1, -0.05) is 60.7 Å². The number of carbonyl (C=O) groups is 4. The SMILES string of the molecule is COC(=O)CC(CC(CC=O)OC(=O)OCc1ccccc1)OC(=O)OCc1ccccc1. The number of esters is 1. The van der Waals surface area contributed by atoms with Crippen molar-refractivity contribution in [1.29, 1.82) is 0 Å². The van der Waals surface area contributed by atoms with E-state index in [0.717, 1.165) is 11.1 Å². The molecule has 2 aromatic rings. The highest BCUT2D eigenvalue weighted by molar-refractivity contribution is 5.70. The molecule has 0 spiro atoms. The van der Waals surface area contributed by atoms with Gasteiger partial charge < -0.3 is 28.5 Å². The quantitative estimate of drug-likeness (QED) is 0.265. The summed E-state index contributed by atoms with van der Waals surface area (Å²) < 4.78 is 25.2. The minimum atomic E-state index is -1.05. The van der Waals surface area contributed by atoms with E-state index in [1.807, 2.05) is 12.1 Å². The van der Waals surface area contributed by atoms with Crippen LogP contribution in [0.2, 0.25) is 0 Å². The molecule has 176 valence electrons. The van der Waals surface area contributed by atoms with Gasteiger partial charge >= 0.3 is 18.3 Å². The Hall–Kier alpha value is -3.88. The van der Waals surface area contributed by atoms with Crippen LogP contribution in [0.1, 0.15) is 30.4 Å². The first kappa shape index (κ1) is 25.4. The maximum absolute atomic E-state index is 12.1. The molecule has 33 heavy (non-hydrogen) atoms. The molecular weight excluding hydrogens is 432 g/mol. The van der Waals surface area contributed by atoms with Crippen molar-refractivity contribution in [3.8, 4) is 0 Å². The monoisotopic (exact) mass is 458 g/mol. The molecule has 0 saturated carbocycles. The second kappa shape index (κ2) is 14.2. The third-order valence-corrected chi connectivity index (χ3v) is 4.43. The molecule has 0 bridgehead atoms. The molecule has 0 amide bonds. The van der Waals surface area contributed by atoms with E-state index < -0.39 is 30.5 Å². The first-order valence-corrected chi connectivity index (χ1v) is 10.2. The van der Waals surface area contributed by atoms with E-state index in [0.29, 0.717) is 6.29 Å². The zero-order valence-electron chi connectivity index (χ0n) is 18.2. The molecule has 2 aromatic carbocycles. The average Bonchev–Trinajstić information content (AvgIpc) is 2.82. The molecule has 0 N–H and O–H groups in total. The van der Waals surface area contributed by atoms with Crippen LogP contribution in [-0.2, 0) is 46.5 Å². The zero-order chi connectivity index (χ0) is 23.9. The number of aldehydes is 1. The van der Waals surface area contributed by atoms with Crippen LogP contribution in [0.5, 0.6) is 0 Å². The Balaban J connectivity index is 1.92. The van der Waals surface area contributed by atoms with Crippen molar-refractivity contribution in [2.24, 2.45) is 0 Å². The van der Waals surface area contributed by atoms with Crippen molar-refractivity contribution in [2.45, 2.75) is 44.7 Å². The Morgan fingerprint density at radius 1 is 0.788 bits per heavy atom. The van der Waals surface area contributed by atoms with Crippen molar-refractivity contribution in [1.82, 2.24) is 0 Å². The second-order valence-corrected chi connectivity index (χ2v) is 6.95. The van der Waals surface area contributed by atoms with Crippen LogP contribution in [0.3, 0.4) is 0 Å². The van der Waals surface area contributed by atoms with Crippen LogP contribution >= 0.6 is 0 Å². The highest BCUT2D eigenvalue weighted by Gasteiger charge is 2.27. The molecule has 9 nitrogen and oxygen atoms in total. The molecule has 2 unspecified atom stereocenters. The van der Waals surface area contributed by atoms with E-state index >= 15 is 0 Å². The van der Waals surface area contributed by atoms with Crippen LogP contribution in [0.4, 0.5) is 9.59 Å². The Bertz CT molecular complexity index is 883. The fourth-order valence-electron chi connectivity index (χ4n) is 2.81. The molecule has 0 heterocycles. The minimum absolute atomic E-state index is 0.0125. The summed E-state index contributed by atoms with van der Waals surface area (Å²) >= 11 is 0. The standard InChI is InChI=1S/C24H26O9/c1-29-22(26)15-21(33-24(28)31-17-19-10-6-3-7-11-19)14-20(12-13-25)32-23(27)30-16-18-8-4-2-5-9-18/h2-11,13,20-21H,12,14-17H2,1H3. The van der Waals surface area contributed by atoms with E-state index in [1.54, 1.807) is 48.5 Å². The summed E-state index contributed by atoms with van der Waals surface area (Å²) in [5, 5.41) is 0. The van der Waals surface area contributed by atoms with E-state index in [1.165, 1.54) is 7.11 Å². The minimum Gasteiger partial charge on any atom is -0.469 e. The van der Waals surface area contributed by atoms with Crippen molar-refractivity contribution >= 4 is 24.6 Å². The summed E-state index contributed by atoms with van der Waals surface area (Å²) in [6, 6.07) is 17.9. The van der Waals surface area contributed by atoms with Crippen LogP contribution in [0, 0.1) is 0 Å². The smallest absolute Gasteiger partial charge is 0.469 e. The fourth-order valence-corrected chi connectivity index (χ4v) is 2.81. The van der Waals surface area contributed by atoms with Crippen molar-refractivity contribution in [3.05, 3.63) is 71.8 Å². The highest BCUT2D eigenvalue weighted by atomic mass is 16.7. The Kier molecular flexibility index (Phi) is 10.9. The number of benzene rings is 2. The number of carbonyl (C=O) groups excluding carboxylic acids is 4. The number of rotatable bonds is 12. The molecule has 0 radical (unpaired) electrons. The van der Waals surface area contributed by atoms with Gasteiger partial charge in [0, 0.05) is 12.8 Å². The normalized spacial score (nSPS) is 12.0. The van der Waals surface area contributed by atoms with Gasteiger partial charge in [-0.2, -0.15) is 0 Å². The molecule has 0 aliphatic carbocycles. The van der Waals surface area contributed by atoms with E-state index in [-0.39, 0.29) is 32.5 Å². The zero-order valence-corrected chi connectivity index (χ0v) is 18.2. The van der Waals surface area contributed by atoms with Gasteiger partial charge in [-0.25, -0.2) is 9.59 Å². The number of hydrogen-bond donors (Lipinski definition) is 0. The molecular formula is C24H26O9. The molecule has 2 atom stereocenters. The van der Waals surface area contributed by atoms with E-state index in [2.05, 4.69) is 4.74 Å². The predicted molar refractivity (Wildman–Crippen MR) is 115 cm³/mol. The van der Waals surface area contributed by atoms with Crippen molar-refractivity contribution in [2.75, 3.05) is 7.11 Å². The summed E-state index contributed by atoms with van der Waals surface area (Å²) in [6.07, 6.45) is -4.10. The highest BCUT2D eigenvalue weighted by Crippen LogP contribution is 2.16. The number of methoxy groups -OCH3 is 1. The first-order valence-electron chi connectivity index (χ1n) is 10.2. The van der Waals surface area contributed by atoms with Gasteiger partial charge in [0.2, 0.25) is 0 Å². The van der Waals surface area contributed by atoms with Crippen LogP contribution in [0.25, 0.3) is 0 Å². The summed E-state index contributed by atoms with van der Waals surface area (Å²) in [4.78, 5) is 47.0. The summed E-state index contributed by atoms with van der Waals surface area (Å²) in [6.45, 7) is -0.0356. The Labute approximate surface area is 191 Å². The van der Waals surface area contributed by atoms with Crippen LogP contribution < -0.4 is 0 Å². The maximum atomic E-state index is 12.1. The molecule has 0 aliphatic heterocycles. The molecule has 0 aromatic heterocycles. The maximum Gasteiger partial charge on any atom is 0.508 e. The lowest BCUT2D eigenvalue weighted by atomic mass is 10.1. The predicted octanol–water partition coefficient (Wildman–Crippen LogP) is 3.97. The summed E-state index contributed by atoms with van der Waals surface area (Å²) in [5.74, 6) is -0.646. The lowest BCUT2D eigenvalue weighted by Gasteiger charge is -2.22. The van der Waals surface area contributed by atoms with Gasteiger partial charge in [0.25, 0.3) is 0 Å². The van der Waals surface area contributed by atoms with Gasteiger partial charge in [0.05, 0.1) is 13.5 Å². The lowest BCUT2D eigenvalue weighted by molar-refractivity contribution is -0.143. The van der Waals surface area contributed by atoms with Gasteiger partial charge in [-0.05, 0) is 11.1 Å². The molecule has 0 saturated heterocycles. The lowest BCUT2D eigenvalue weighted by Crippen LogP contribution is -2.30. The fraction of sp³-hybridized carbons (Fsp3) is 0.333. The topological polar surface area (TPSA) is 114 Å². The molecule has 2 rings (SSSR count). The first-order chi connectivity index (χ1) is 16.0. The molecule has 9 heteroatoms. The van der Waals surface area contributed by atoms with Gasteiger partial charge in [-0.3, -0.25) is 4.79 Å². The largest absolute Gasteiger partial charge is 0.508 e. The van der Waals surface area contributed by atoms with Gasteiger partial charge in [-0.15, -0.1) is 0 Å². The van der Waals surface area contributed by atoms with E-state index in [9.17, 15) is 19.2 Å². The van der Waals surface area contributed by atoms with Crippen LogP contribution in [0.15, 0.2) is 60.7 Å². The van der Waals surface area contributed by atoms with Gasteiger partial charge in [0.15, 0.2) is 0 Å².